The van der Waals surface area contributed by atoms with Crippen molar-refractivity contribution in [1.82, 2.24) is 0 Å². The molecule has 0 spiro atoms. The molecule has 1 N–H and O–H groups in total. The fourth-order valence-electron chi connectivity index (χ4n) is 0.811. The molecule has 1 rings (SSSR count). The molecule has 0 saturated heterocycles. The van der Waals surface area contributed by atoms with Crippen LogP contribution in [0.1, 0.15) is 6.42 Å². The summed E-state index contributed by atoms with van der Waals surface area (Å²) in [5.41, 5.74) is -0.346. The van der Waals surface area contributed by atoms with E-state index in [0.29, 0.717) is 6.08 Å². The van der Waals surface area contributed by atoms with Gasteiger partial charge in [0.1, 0.15) is 0 Å². The van der Waals surface area contributed by atoms with E-state index in [1.165, 1.54) is 6.08 Å². The van der Waals surface area contributed by atoms with Gasteiger partial charge in [-0.3, -0.25) is 0 Å². The summed E-state index contributed by atoms with van der Waals surface area (Å²) in [5.74, 6) is -4.32. The van der Waals surface area contributed by atoms with Gasteiger partial charge in [-0.2, -0.15) is 0 Å². The number of halogens is 2. The minimum absolute atomic E-state index is 0.346. The van der Waals surface area contributed by atoms with Crippen LogP contribution in [0, 0.1) is 0 Å². The van der Waals surface area contributed by atoms with E-state index in [0.717, 1.165) is 6.08 Å². The number of hydrogen-bond acceptors (Lipinski definition) is 1. The Bertz CT molecular complexity index is 241. The summed E-state index contributed by atoms with van der Waals surface area (Å²) in [6.07, 6.45) is 2.39. The van der Waals surface area contributed by atoms with Gasteiger partial charge in [-0.05, 0) is 6.08 Å². The van der Waals surface area contributed by atoms with Gasteiger partial charge in [-0.1, -0.05) is 12.2 Å². The van der Waals surface area contributed by atoms with Gasteiger partial charge >= 0.3 is 5.97 Å². The molecule has 0 unspecified atom stereocenters. The summed E-state index contributed by atoms with van der Waals surface area (Å²) >= 11 is 0. The first-order chi connectivity index (χ1) is 5.01. The number of rotatable bonds is 1. The quantitative estimate of drug-likeness (QED) is 0.632. The standard InChI is InChI=1S/C7H6F2O2/c8-7(9)3-1-2-5(4-7)6(10)11/h1-2,4H,3H2,(H,10,11). The minimum Gasteiger partial charge on any atom is -0.478 e. The highest BCUT2D eigenvalue weighted by Crippen LogP contribution is 2.26. The van der Waals surface area contributed by atoms with Crippen molar-refractivity contribution in [1.29, 1.82) is 0 Å². The van der Waals surface area contributed by atoms with Crippen LogP contribution < -0.4 is 0 Å². The lowest BCUT2D eigenvalue weighted by Crippen LogP contribution is -2.16. The number of carboxylic acid groups (broad SMARTS) is 1. The summed E-state index contributed by atoms with van der Waals surface area (Å²) in [5, 5.41) is 8.32. The van der Waals surface area contributed by atoms with Crippen molar-refractivity contribution in [2.75, 3.05) is 0 Å². The summed E-state index contributed by atoms with van der Waals surface area (Å²) in [6.45, 7) is 0. The predicted octanol–water partition coefficient (Wildman–Crippen LogP) is 1.59. The predicted molar refractivity (Wildman–Crippen MR) is 34.4 cm³/mol. The summed E-state index contributed by atoms with van der Waals surface area (Å²) < 4.78 is 24.8. The molecular formula is C7H6F2O2. The fourth-order valence-corrected chi connectivity index (χ4v) is 0.811. The van der Waals surface area contributed by atoms with E-state index in [1.54, 1.807) is 0 Å². The zero-order valence-electron chi connectivity index (χ0n) is 5.55. The van der Waals surface area contributed by atoms with Gasteiger partial charge in [0.05, 0.1) is 5.57 Å². The highest BCUT2D eigenvalue weighted by Gasteiger charge is 2.28. The van der Waals surface area contributed by atoms with Crippen LogP contribution in [0.3, 0.4) is 0 Å². The van der Waals surface area contributed by atoms with Crippen LogP contribution in [-0.4, -0.2) is 17.0 Å². The molecule has 0 fully saturated rings. The second-order valence-corrected chi connectivity index (χ2v) is 2.27. The highest BCUT2D eigenvalue weighted by atomic mass is 19.3. The van der Waals surface area contributed by atoms with Crippen molar-refractivity contribution in [2.24, 2.45) is 0 Å². The molecule has 4 heteroatoms. The van der Waals surface area contributed by atoms with Crippen LogP contribution in [0.15, 0.2) is 23.8 Å². The maximum absolute atomic E-state index is 12.4. The largest absolute Gasteiger partial charge is 0.478 e. The zero-order chi connectivity index (χ0) is 8.48. The molecule has 2 nitrogen and oxygen atoms in total. The third-order valence-electron chi connectivity index (χ3n) is 1.30. The van der Waals surface area contributed by atoms with Crippen LogP contribution in [-0.2, 0) is 4.79 Å². The van der Waals surface area contributed by atoms with E-state index >= 15 is 0 Å². The average molecular weight is 160 g/mol. The van der Waals surface area contributed by atoms with E-state index in [4.69, 9.17) is 5.11 Å². The molecule has 0 amide bonds. The van der Waals surface area contributed by atoms with Gasteiger partial charge in [0, 0.05) is 6.42 Å². The molecule has 0 heterocycles. The van der Waals surface area contributed by atoms with Crippen LogP contribution >= 0.6 is 0 Å². The van der Waals surface area contributed by atoms with Crippen molar-refractivity contribution in [2.45, 2.75) is 12.3 Å². The third-order valence-corrected chi connectivity index (χ3v) is 1.30. The lowest BCUT2D eigenvalue weighted by atomic mass is 10.0. The van der Waals surface area contributed by atoms with Gasteiger partial charge in [0.2, 0.25) is 0 Å². The van der Waals surface area contributed by atoms with Crippen LogP contribution in [0.5, 0.6) is 0 Å². The molecule has 0 atom stereocenters. The van der Waals surface area contributed by atoms with Crippen molar-refractivity contribution >= 4 is 5.97 Å². The topological polar surface area (TPSA) is 37.3 Å². The fraction of sp³-hybridized carbons (Fsp3) is 0.286. The Hall–Kier alpha value is -1.19. The van der Waals surface area contributed by atoms with Crippen LogP contribution in [0.4, 0.5) is 8.78 Å². The summed E-state index contributed by atoms with van der Waals surface area (Å²) in [7, 11) is 0. The maximum Gasteiger partial charge on any atom is 0.335 e. The van der Waals surface area contributed by atoms with E-state index in [1.807, 2.05) is 0 Å². The van der Waals surface area contributed by atoms with E-state index < -0.39 is 18.3 Å². The van der Waals surface area contributed by atoms with E-state index in [2.05, 4.69) is 0 Å². The van der Waals surface area contributed by atoms with Crippen molar-refractivity contribution < 1.29 is 18.7 Å². The molecule has 11 heavy (non-hydrogen) atoms. The molecule has 0 aromatic heterocycles. The molecule has 0 saturated carbocycles. The van der Waals surface area contributed by atoms with Gasteiger partial charge in [-0.15, -0.1) is 0 Å². The first-order valence-electron chi connectivity index (χ1n) is 3.02. The average Bonchev–Trinajstić information content (AvgIpc) is 1.85. The highest BCUT2D eigenvalue weighted by molar-refractivity contribution is 5.90. The van der Waals surface area contributed by atoms with E-state index in [-0.39, 0.29) is 5.57 Å². The number of alkyl halides is 2. The smallest absolute Gasteiger partial charge is 0.335 e. The number of carbonyl (C=O) groups is 1. The minimum atomic E-state index is -3.00. The van der Waals surface area contributed by atoms with Gasteiger partial charge in [-0.25, -0.2) is 13.6 Å². The lowest BCUT2D eigenvalue weighted by molar-refractivity contribution is -0.132. The summed E-state index contributed by atoms with van der Waals surface area (Å²) in [4.78, 5) is 10.2. The first-order valence-corrected chi connectivity index (χ1v) is 3.02. The van der Waals surface area contributed by atoms with Gasteiger partial charge in [0.15, 0.2) is 0 Å². The number of carboxylic acids is 1. The second kappa shape index (κ2) is 2.45. The third kappa shape index (κ3) is 1.86. The molecule has 0 aromatic rings. The molecule has 1 aliphatic carbocycles. The molecular weight excluding hydrogens is 154 g/mol. The molecule has 0 bridgehead atoms. The monoisotopic (exact) mass is 160 g/mol. The molecule has 0 aliphatic heterocycles. The Morgan fingerprint density at radius 2 is 2.27 bits per heavy atom. The first kappa shape index (κ1) is 7.91. The Morgan fingerprint density at radius 1 is 1.64 bits per heavy atom. The van der Waals surface area contributed by atoms with Crippen molar-refractivity contribution in [3.63, 3.8) is 0 Å². The zero-order valence-corrected chi connectivity index (χ0v) is 5.55. The SMILES string of the molecule is O=C(O)C1=CC(F)(F)CC=C1. The number of hydrogen-bond donors (Lipinski definition) is 1. The molecule has 60 valence electrons. The molecule has 0 aromatic carbocycles. The van der Waals surface area contributed by atoms with Gasteiger partial charge < -0.3 is 5.11 Å². The van der Waals surface area contributed by atoms with Gasteiger partial charge in [0.25, 0.3) is 5.92 Å². The Balaban J connectivity index is 2.89. The maximum atomic E-state index is 12.4. The second-order valence-electron chi connectivity index (χ2n) is 2.27. The van der Waals surface area contributed by atoms with Crippen LogP contribution in [0.2, 0.25) is 0 Å². The summed E-state index contributed by atoms with van der Waals surface area (Å²) in [6, 6.07) is 0. The number of aliphatic carboxylic acids is 1. The Morgan fingerprint density at radius 3 is 2.64 bits per heavy atom. The Labute approximate surface area is 61.8 Å². The van der Waals surface area contributed by atoms with E-state index in [9.17, 15) is 13.6 Å². The number of allylic oxidation sites excluding steroid dienone is 2. The normalized spacial score (nSPS) is 21.1. The Kier molecular flexibility index (Phi) is 1.76. The van der Waals surface area contributed by atoms with Crippen LogP contribution in [0.25, 0.3) is 0 Å². The lowest BCUT2D eigenvalue weighted by Gasteiger charge is -2.13. The van der Waals surface area contributed by atoms with Crippen molar-refractivity contribution in [3.05, 3.63) is 23.8 Å². The molecule has 0 radical (unpaired) electrons. The molecule has 1 aliphatic rings. The van der Waals surface area contributed by atoms with Crippen molar-refractivity contribution in [3.8, 4) is 0 Å².